The Bertz CT molecular complexity index is 250. The Labute approximate surface area is 152 Å². The van der Waals surface area contributed by atoms with Crippen LogP contribution in [-0.4, -0.2) is 75.8 Å². The van der Waals surface area contributed by atoms with Crippen molar-refractivity contribution in [1.82, 2.24) is 4.90 Å². The smallest absolute Gasteiger partial charge is 0.147 e. The molecule has 1 rings (SSSR count). The molecule has 0 spiro atoms. The van der Waals surface area contributed by atoms with Crippen LogP contribution in [0.15, 0.2) is 0 Å². The minimum atomic E-state index is 0. The third-order valence-electron chi connectivity index (χ3n) is 5.07. The predicted molar refractivity (Wildman–Crippen MR) is 95.5 cm³/mol. The topological polar surface area (TPSA) is 21.7 Å². The van der Waals surface area contributed by atoms with Crippen molar-refractivity contribution < 1.29 is 9.47 Å². The van der Waals surface area contributed by atoms with E-state index in [1.54, 1.807) is 0 Å². The van der Waals surface area contributed by atoms with Gasteiger partial charge in [0.05, 0.1) is 0 Å². The second-order valence-electron chi connectivity index (χ2n) is 6.53. The molecule has 0 saturated carbocycles. The zero-order valence-corrected chi connectivity index (χ0v) is 21.2. The number of methoxy groups -OCH3 is 2. The summed E-state index contributed by atoms with van der Waals surface area (Å²) in [6.07, 6.45) is 8.21. The molecule has 0 aromatic carbocycles. The summed E-state index contributed by atoms with van der Waals surface area (Å²) >= 11 is 0.751. The molecule has 21 heavy (non-hydrogen) atoms. The summed E-state index contributed by atoms with van der Waals surface area (Å²) in [5.41, 5.74) is 0. The van der Waals surface area contributed by atoms with Crippen molar-refractivity contribution in [3.8, 4) is 0 Å². The molecule has 5 heteroatoms. The van der Waals surface area contributed by atoms with Crippen LogP contribution in [0.1, 0.15) is 45.4 Å². The molecule has 0 aromatic heterocycles. The molecule has 0 radical (unpaired) electrons. The number of nitrogens with zero attached hydrogens (tertiary/aromatic N) is 1. The van der Waals surface area contributed by atoms with Gasteiger partial charge in [0.1, 0.15) is 0 Å². The molecule has 1 heterocycles. The molecular formula is C16H35ClInNO2. The molecule has 0 aliphatic carbocycles. The molecule has 0 aromatic rings. The molecule has 3 atom stereocenters. The Balaban J connectivity index is 0.00000400. The molecule has 1 fully saturated rings. The van der Waals surface area contributed by atoms with Crippen LogP contribution >= 0.6 is 12.4 Å². The van der Waals surface area contributed by atoms with E-state index in [0.717, 1.165) is 40.4 Å². The van der Waals surface area contributed by atoms with Crippen molar-refractivity contribution >= 4 is 36.8 Å². The Morgan fingerprint density at radius 1 is 1.05 bits per heavy atom. The first kappa shape index (κ1) is 22.0. The van der Waals surface area contributed by atoms with Gasteiger partial charge in [-0.3, -0.25) is 0 Å². The van der Waals surface area contributed by atoms with Crippen molar-refractivity contribution in [2.45, 2.75) is 61.3 Å². The van der Waals surface area contributed by atoms with Gasteiger partial charge in [0.15, 0.2) is 0 Å². The summed E-state index contributed by atoms with van der Waals surface area (Å²) in [7, 11) is 5.92. The summed E-state index contributed by atoms with van der Waals surface area (Å²) in [6.45, 7) is 4.81. The molecule has 3 unspecified atom stereocenters. The van der Waals surface area contributed by atoms with E-state index in [1.807, 2.05) is 14.2 Å². The maximum atomic E-state index is 5.70. The van der Waals surface area contributed by atoms with Crippen LogP contribution in [0.2, 0.25) is 3.67 Å². The molecule has 126 valence electrons. The molecule has 1 aliphatic heterocycles. The molecular weight excluding hydrogens is 388 g/mol. The largest absolute Gasteiger partial charge is 0.147 e. The van der Waals surface area contributed by atoms with Crippen LogP contribution < -0.4 is 0 Å². The van der Waals surface area contributed by atoms with Gasteiger partial charge in [0, 0.05) is 0 Å². The van der Waals surface area contributed by atoms with E-state index in [-0.39, 0.29) is 18.5 Å². The van der Waals surface area contributed by atoms with Gasteiger partial charge in [0.25, 0.3) is 0 Å². The summed E-state index contributed by atoms with van der Waals surface area (Å²) in [5.74, 6) is 0.992. The standard InChI is InChI=1S/C16H32NO2.ClH.In.2H/c1-5-7-15(18-3)16(19-4)9-6-8-14-10-12-17(2)13-11-14;;;;/h8,14-16H,5-7,9-13H2,1-4H3;1H;;;. The number of likely N-dealkylation sites (tertiary alicyclic amines) is 1. The molecule has 0 bridgehead atoms. The van der Waals surface area contributed by atoms with E-state index in [4.69, 9.17) is 9.47 Å². The average molecular weight is 424 g/mol. The maximum Gasteiger partial charge on any atom is -0.147 e. The Kier molecular flexibility index (Phi) is 13.1. The van der Waals surface area contributed by atoms with Crippen LogP contribution in [0.4, 0.5) is 0 Å². The Morgan fingerprint density at radius 3 is 2.05 bits per heavy atom. The Morgan fingerprint density at radius 2 is 1.57 bits per heavy atom. The number of rotatable bonds is 9. The van der Waals surface area contributed by atoms with E-state index in [9.17, 15) is 0 Å². The quantitative estimate of drug-likeness (QED) is 0.569. The van der Waals surface area contributed by atoms with Crippen molar-refractivity contribution in [1.29, 1.82) is 0 Å². The van der Waals surface area contributed by atoms with Gasteiger partial charge in [-0.2, -0.15) is 0 Å². The normalized spacial score (nSPS) is 21.5. The molecule has 1 aliphatic rings. The van der Waals surface area contributed by atoms with Crippen LogP contribution in [-0.2, 0) is 9.47 Å². The van der Waals surface area contributed by atoms with Crippen molar-refractivity contribution in [3.05, 3.63) is 0 Å². The number of piperidine rings is 1. The van der Waals surface area contributed by atoms with Gasteiger partial charge in [-0.25, -0.2) is 0 Å². The van der Waals surface area contributed by atoms with Gasteiger partial charge in [0.2, 0.25) is 0 Å². The zero-order chi connectivity index (χ0) is 15.0. The monoisotopic (exact) mass is 423 g/mol. The van der Waals surface area contributed by atoms with E-state index < -0.39 is 0 Å². The fraction of sp³-hybridized carbons (Fsp3) is 1.00. The second-order valence-corrected chi connectivity index (χ2v) is 10.8. The number of hydrogen-bond donors (Lipinski definition) is 0. The van der Waals surface area contributed by atoms with Crippen LogP contribution in [0.25, 0.3) is 0 Å². The van der Waals surface area contributed by atoms with Gasteiger partial charge in [-0.15, -0.1) is 12.4 Å². The first-order chi connectivity index (χ1) is 9.62. The minimum Gasteiger partial charge on any atom is -0.147 e. The van der Waals surface area contributed by atoms with Gasteiger partial charge in [-0.05, 0) is 0 Å². The maximum absolute atomic E-state index is 5.70. The SMILES string of the molecule is CCCC(OC)C(CC[CH]([InH2])C1CCN(C)CC1)OC.Cl. The fourth-order valence-electron chi connectivity index (χ4n) is 3.46. The molecule has 3 nitrogen and oxygen atoms in total. The summed E-state index contributed by atoms with van der Waals surface area (Å²) in [5, 5.41) is 0. The van der Waals surface area contributed by atoms with Crippen LogP contribution in [0.3, 0.4) is 0 Å². The fourth-order valence-corrected chi connectivity index (χ4v) is 6.31. The summed E-state index contributed by atoms with van der Waals surface area (Å²) in [4.78, 5) is 2.47. The van der Waals surface area contributed by atoms with Gasteiger partial charge in [-0.1, -0.05) is 0 Å². The minimum absolute atomic E-state index is 0. The van der Waals surface area contributed by atoms with Gasteiger partial charge >= 0.3 is 140 Å². The first-order valence-electron chi connectivity index (χ1n) is 8.36. The van der Waals surface area contributed by atoms with E-state index in [1.165, 1.54) is 45.2 Å². The number of halogens is 1. The molecule has 0 N–H and O–H groups in total. The number of hydrogen-bond acceptors (Lipinski definition) is 3. The zero-order valence-electron chi connectivity index (χ0n) is 14.6. The van der Waals surface area contributed by atoms with Crippen molar-refractivity contribution in [3.63, 3.8) is 0 Å². The van der Waals surface area contributed by atoms with Crippen LogP contribution in [0.5, 0.6) is 0 Å². The third kappa shape index (κ3) is 7.92. The second kappa shape index (κ2) is 12.5. The number of ether oxygens (including phenoxy) is 2. The summed E-state index contributed by atoms with van der Waals surface area (Å²) in [6, 6.07) is 0. The average Bonchev–Trinajstić information content (AvgIpc) is 2.47. The Hall–Kier alpha value is 1.04. The third-order valence-corrected chi connectivity index (χ3v) is 9.41. The summed E-state index contributed by atoms with van der Waals surface area (Å²) < 4.78 is 12.3. The molecule has 0 amide bonds. The van der Waals surface area contributed by atoms with E-state index in [2.05, 4.69) is 18.9 Å². The molecule has 1 saturated heterocycles. The van der Waals surface area contributed by atoms with E-state index >= 15 is 0 Å². The van der Waals surface area contributed by atoms with Gasteiger partial charge < -0.3 is 0 Å². The van der Waals surface area contributed by atoms with Crippen molar-refractivity contribution in [2.24, 2.45) is 5.92 Å². The predicted octanol–water partition coefficient (Wildman–Crippen LogP) is 2.78. The van der Waals surface area contributed by atoms with Crippen molar-refractivity contribution in [2.75, 3.05) is 34.4 Å². The first-order valence-corrected chi connectivity index (χ1v) is 11.7. The van der Waals surface area contributed by atoms with E-state index in [0.29, 0.717) is 6.10 Å². The van der Waals surface area contributed by atoms with Crippen LogP contribution in [0, 0.1) is 5.92 Å².